The second kappa shape index (κ2) is 7.37. The van der Waals surface area contributed by atoms with Gasteiger partial charge in [0, 0.05) is 23.2 Å². The average Bonchev–Trinajstić information content (AvgIpc) is 2.96. The van der Waals surface area contributed by atoms with Crippen LogP contribution < -0.4 is 0 Å². The molecule has 0 aliphatic carbocycles. The molecule has 1 atom stereocenters. The van der Waals surface area contributed by atoms with Gasteiger partial charge in [0.05, 0.1) is 5.25 Å². The Bertz CT molecular complexity index is 894. The summed E-state index contributed by atoms with van der Waals surface area (Å²) in [5, 5.41) is 9.29. The second-order valence-corrected chi connectivity index (χ2v) is 7.25. The summed E-state index contributed by atoms with van der Waals surface area (Å²) in [6.07, 6.45) is 0. The van der Waals surface area contributed by atoms with Crippen molar-refractivity contribution < 1.29 is 9.18 Å². The third-order valence-corrected chi connectivity index (χ3v) is 5.10. The highest BCUT2D eigenvalue weighted by Gasteiger charge is 2.20. The molecule has 0 N–H and O–H groups in total. The standard InChI is InChI=1S/C18H15ClFN3OS/c1-11(16(24)12-5-9-15(20)10-6-12)25-18-22-21-17(23(18)2)13-3-7-14(19)8-4-13/h3-11H,1-2H3/t11-/m1/s1. The number of hydrogen-bond donors (Lipinski definition) is 0. The van der Waals surface area contributed by atoms with Crippen LogP contribution in [0.25, 0.3) is 11.4 Å². The minimum absolute atomic E-state index is 0.0824. The summed E-state index contributed by atoms with van der Waals surface area (Å²) in [5.74, 6) is 0.249. The molecule has 0 bridgehead atoms. The molecule has 0 radical (unpaired) electrons. The summed E-state index contributed by atoms with van der Waals surface area (Å²) < 4.78 is 14.8. The Kier molecular flexibility index (Phi) is 5.20. The summed E-state index contributed by atoms with van der Waals surface area (Å²) in [5.41, 5.74) is 1.37. The maximum Gasteiger partial charge on any atom is 0.191 e. The van der Waals surface area contributed by atoms with E-state index in [1.807, 2.05) is 23.7 Å². The van der Waals surface area contributed by atoms with E-state index in [2.05, 4.69) is 10.2 Å². The van der Waals surface area contributed by atoms with Crippen LogP contribution in [0.15, 0.2) is 53.7 Å². The molecule has 0 fully saturated rings. The molecule has 3 rings (SSSR count). The van der Waals surface area contributed by atoms with Crippen LogP contribution in [0.3, 0.4) is 0 Å². The van der Waals surface area contributed by atoms with Gasteiger partial charge < -0.3 is 4.57 Å². The van der Waals surface area contributed by atoms with Gasteiger partial charge in [0.15, 0.2) is 16.8 Å². The van der Waals surface area contributed by atoms with Crippen molar-refractivity contribution in [3.05, 3.63) is 64.9 Å². The molecule has 0 amide bonds. The van der Waals surface area contributed by atoms with Gasteiger partial charge in [-0.3, -0.25) is 4.79 Å². The van der Waals surface area contributed by atoms with Crippen molar-refractivity contribution in [2.24, 2.45) is 7.05 Å². The van der Waals surface area contributed by atoms with E-state index in [1.54, 1.807) is 19.1 Å². The number of nitrogens with zero attached hydrogens (tertiary/aromatic N) is 3. The average molecular weight is 376 g/mol. The van der Waals surface area contributed by atoms with E-state index in [0.717, 1.165) is 5.56 Å². The van der Waals surface area contributed by atoms with Crippen LogP contribution in [0.1, 0.15) is 17.3 Å². The van der Waals surface area contributed by atoms with Crippen molar-refractivity contribution in [2.45, 2.75) is 17.3 Å². The zero-order valence-corrected chi connectivity index (χ0v) is 15.2. The largest absolute Gasteiger partial charge is 0.305 e. The summed E-state index contributed by atoms with van der Waals surface area (Å²) >= 11 is 7.22. The Labute approximate surface area is 154 Å². The number of benzene rings is 2. The molecule has 4 nitrogen and oxygen atoms in total. The van der Waals surface area contributed by atoms with Crippen molar-refractivity contribution in [1.82, 2.24) is 14.8 Å². The molecular formula is C18H15ClFN3OS. The molecule has 3 aromatic rings. The van der Waals surface area contributed by atoms with Crippen molar-refractivity contribution >= 4 is 29.1 Å². The van der Waals surface area contributed by atoms with Crippen LogP contribution in [0.2, 0.25) is 5.02 Å². The molecule has 1 aromatic heterocycles. The number of ketones is 1. The van der Waals surface area contributed by atoms with E-state index in [9.17, 15) is 9.18 Å². The molecular weight excluding hydrogens is 361 g/mol. The summed E-state index contributed by atoms with van der Waals surface area (Å²) in [4.78, 5) is 12.5. The molecule has 0 unspecified atom stereocenters. The number of hydrogen-bond acceptors (Lipinski definition) is 4. The maximum absolute atomic E-state index is 13.0. The highest BCUT2D eigenvalue weighted by Crippen LogP contribution is 2.27. The molecule has 2 aromatic carbocycles. The van der Waals surface area contributed by atoms with E-state index in [-0.39, 0.29) is 16.9 Å². The van der Waals surface area contributed by atoms with E-state index < -0.39 is 0 Å². The highest BCUT2D eigenvalue weighted by atomic mass is 35.5. The Morgan fingerprint density at radius 1 is 1.12 bits per heavy atom. The van der Waals surface area contributed by atoms with Crippen LogP contribution in [0.5, 0.6) is 0 Å². The van der Waals surface area contributed by atoms with E-state index >= 15 is 0 Å². The van der Waals surface area contributed by atoms with Gasteiger partial charge in [0.25, 0.3) is 0 Å². The van der Waals surface area contributed by atoms with Crippen LogP contribution in [0.4, 0.5) is 4.39 Å². The molecule has 7 heteroatoms. The third kappa shape index (κ3) is 3.91. The van der Waals surface area contributed by atoms with Crippen LogP contribution in [-0.4, -0.2) is 25.8 Å². The molecule has 1 heterocycles. The molecule has 0 saturated carbocycles. The number of rotatable bonds is 5. The zero-order chi connectivity index (χ0) is 18.0. The van der Waals surface area contributed by atoms with Crippen molar-refractivity contribution in [2.75, 3.05) is 0 Å². The van der Waals surface area contributed by atoms with Crippen molar-refractivity contribution in [1.29, 1.82) is 0 Å². The maximum atomic E-state index is 13.0. The fourth-order valence-corrected chi connectivity index (χ4v) is 3.35. The van der Waals surface area contributed by atoms with Gasteiger partial charge >= 0.3 is 0 Å². The van der Waals surface area contributed by atoms with Crippen LogP contribution in [0, 0.1) is 5.82 Å². The van der Waals surface area contributed by atoms with Gasteiger partial charge in [0.2, 0.25) is 0 Å². The van der Waals surface area contributed by atoms with Crippen LogP contribution in [-0.2, 0) is 7.05 Å². The lowest BCUT2D eigenvalue weighted by atomic mass is 10.1. The number of Topliss-reactive ketones (excluding diaryl/α,β-unsaturated/α-hetero) is 1. The zero-order valence-electron chi connectivity index (χ0n) is 13.6. The SMILES string of the molecule is C[C@@H](Sc1nnc(-c2ccc(Cl)cc2)n1C)C(=O)c1ccc(F)cc1. The number of halogens is 2. The minimum atomic E-state index is -0.369. The fourth-order valence-electron chi connectivity index (χ4n) is 2.33. The molecule has 0 spiro atoms. The normalized spacial score (nSPS) is 12.2. The fraction of sp³-hybridized carbons (Fsp3) is 0.167. The van der Waals surface area contributed by atoms with E-state index in [4.69, 9.17) is 11.6 Å². The molecule has 0 aliphatic heterocycles. The summed E-state index contributed by atoms with van der Waals surface area (Å²) in [6, 6.07) is 12.9. The molecule has 0 saturated heterocycles. The molecule has 25 heavy (non-hydrogen) atoms. The van der Waals surface area contributed by atoms with Gasteiger partial charge in [-0.15, -0.1) is 10.2 Å². The van der Waals surface area contributed by atoms with Gasteiger partial charge in [-0.25, -0.2) is 4.39 Å². The number of carbonyl (C=O) groups excluding carboxylic acids is 1. The third-order valence-electron chi connectivity index (χ3n) is 3.72. The smallest absolute Gasteiger partial charge is 0.191 e. The lowest BCUT2D eigenvalue weighted by molar-refractivity contribution is 0.0994. The Morgan fingerprint density at radius 3 is 2.40 bits per heavy atom. The predicted octanol–water partition coefficient (Wildman–Crippen LogP) is 4.64. The molecule has 128 valence electrons. The second-order valence-electron chi connectivity index (χ2n) is 5.50. The lowest BCUT2D eigenvalue weighted by Gasteiger charge is -2.10. The Morgan fingerprint density at radius 2 is 1.76 bits per heavy atom. The monoisotopic (exact) mass is 375 g/mol. The van der Waals surface area contributed by atoms with Gasteiger partial charge in [-0.2, -0.15) is 0 Å². The first kappa shape index (κ1) is 17.6. The first-order chi connectivity index (χ1) is 12.0. The van der Waals surface area contributed by atoms with Gasteiger partial charge in [-0.1, -0.05) is 23.4 Å². The van der Waals surface area contributed by atoms with Crippen LogP contribution >= 0.6 is 23.4 Å². The Balaban J connectivity index is 1.78. The quantitative estimate of drug-likeness (QED) is 0.481. The van der Waals surface area contributed by atoms with E-state index in [0.29, 0.717) is 21.6 Å². The summed E-state index contributed by atoms with van der Waals surface area (Å²) in [7, 11) is 1.85. The van der Waals surface area contributed by atoms with Crippen molar-refractivity contribution in [3.63, 3.8) is 0 Å². The van der Waals surface area contributed by atoms with Gasteiger partial charge in [-0.05, 0) is 55.5 Å². The topological polar surface area (TPSA) is 47.8 Å². The Hall–Kier alpha value is -2.18. The first-order valence-corrected chi connectivity index (χ1v) is 8.83. The predicted molar refractivity (Wildman–Crippen MR) is 97.5 cm³/mol. The number of carbonyl (C=O) groups is 1. The van der Waals surface area contributed by atoms with E-state index in [1.165, 1.54) is 36.0 Å². The lowest BCUT2D eigenvalue weighted by Crippen LogP contribution is -2.14. The molecule has 0 aliphatic rings. The van der Waals surface area contributed by atoms with Gasteiger partial charge in [0.1, 0.15) is 5.82 Å². The minimum Gasteiger partial charge on any atom is -0.305 e. The number of thioether (sulfide) groups is 1. The number of aromatic nitrogens is 3. The van der Waals surface area contributed by atoms with Crippen molar-refractivity contribution in [3.8, 4) is 11.4 Å². The highest BCUT2D eigenvalue weighted by molar-refractivity contribution is 8.00. The summed E-state index contributed by atoms with van der Waals surface area (Å²) in [6.45, 7) is 1.80. The first-order valence-electron chi connectivity index (χ1n) is 7.57.